The number of amides is 1. The fourth-order valence-electron chi connectivity index (χ4n) is 1.79. The molecule has 1 aliphatic carbocycles. The Kier molecular flexibility index (Phi) is 3.93. The van der Waals surface area contributed by atoms with Gasteiger partial charge in [0.1, 0.15) is 0 Å². The molecule has 0 aliphatic heterocycles. The highest BCUT2D eigenvalue weighted by molar-refractivity contribution is 5.91. The van der Waals surface area contributed by atoms with Gasteiger partial charge in [-0.25, -0.2) is 0 Å². The largest absolute Gasteiger partial charge is 0.416 e. The molecule has 102 valence electrons. The zero-order chi connectivity index (χ0) is 13.9. The number of nitrogens with one attached hydrogen (secondary N) is 1. The topological polar surface area (TPSA) is 29.1 Å². The van der Waals surface area contributed by atoms with E-state index in [-0.39, 0.29) is 11.9 Å². The lowest BCUT2D eigenvalue weighted by molar-refractivity contribution is -0.137. The number of hydrogen-bond donors (Lipinski definition) is 1. The van der Waals surface area contributed by atoms with Gasteiger partial charge in [0.2, 0.25) is 5.91 Å². The van der Waals surface area contributed by atoms with Crippen molar-refractivity contribution in [1.29, 1.82) is 0 Å². The van der Waals surface area contributed by atoms with Crippen molar-refractivity contribution in [3.05, 3.63) is 41.5 Å². The van der Waals surface area contributed by atoms with Gasteiger partial charge in [-0.2, -0.15) is 13.2 Å². The molecule has 2 rings (SSSR count). The second-order valence-corrected chi connectivity index (χ2v) is 4.59. The Bertz CT molecular complexity index is 490. The minimum atomic E-state index is -4.36. The fraction of sp³-hybridized carbons (Fsp3) is 0.357. The van der Waals surface area contributed by atoms with Crippen molar-refractivity contribution in [3.63, 3.8) is 0 Å². The first-order valence-corrected chi connectivity index (χ1v) is 6.11. The van der Waals surface area contributed by atoms with Crippen LogP contribution >= 0.6 is 0 Å². The lowest BCUT2D eigenvalue weighted by Crippen LogP contribution is -2.38. The van der Waals surface area contributed by atoms with E-state index in [4.69, 9.17) is 0 Å². The minimum absolute atomic E-state index is 0.221. The highest BCUT2D eigenvalue weighted by atomic mass is 19.4. The van der Waals surface area contributed by atoms with E-state index in [1.165, 1.54) is 24.3 Å². The van der Waals surface area contributed by atoms with Crippen LogP contribution in [0.5, 0.6) is 0 Å². The van der Waals surface area contributed by atoms with Crippen LogP contribution in [-0.4, -0.2) is 11.9 Å². The number of carbonyl (C=O) groups is 1. The number of alkyl halides is 3. The van der Waals surface area contributed by atoms with Crippen molar-refractivity contribution in [3.8, 4) is 0 Å². The molecule has 0 unspecified atom stereocenters. The summed E-state index contributed by atoms with van der Waals surface area (Å²) in [6.07, 6.45) is 1.36. The summed E-state index contributed by atoms with van der Waals surface area (Å²) in [5, 5.41) is 2.78. The Morgan fingerprint density at radius 1 is 1.32 bits per heavy atom. The monoisotopic (exact) mass is 269 g/mol. The summed E-state index contributed by atoms with van der Waals surface area (Å²) >= 11 is 0. The molecule has 0 spiro atoms. The van der Waals surface area contributed by atoms with Gasteiger partial charge in [0, 0.05) is 12.1 Å². The van der Waals surface area contributed by atoms with E-state index < -0.39 is 11.7 Å². The van der Waals surface area contributed by atoms with Crippen molar-refractivity contribution >= 4 is 12.0 Å². The first-order valence-electron chi connectivity index (χ1n) is 6.11. The average Bonchev–Trinajstić information content (AvgIpc) is 2.31. The Hall–Kier alpha value is -1.78. The highest BCUT2D eigenvalue weighted by Crippen LogP contribution is 2.29. The molecule has 1 N–H and O–H groups in total. The molecule has 19 heavy (non-hydrogen) atoms. The van der Waals surface area contributed by atoms with E-state index in [1.807, 2.05) is 0 Å². The Balaban J connectivity index is 1.99. The summed E-state index contributed by atoms with van der Waals surface area (Å²) in [5.74, 6) is -0.262. The summed E-state index contributed by atoms with van der Waals surface area (Å²) in [4.78, 5) is 11.5. The Labute approximate surface area is 109 Å². The van der Waals surface area contributed by atoms with Crippen LogP contribution in [0.2, 0.25) is 0 Å². The maximum atomic E-state index is 12.5. The summed E-state index contributed by atoms with van der Waals surface area (Å²) in [7, 11) is 0. The Morgan fingerprint density at radius 2 is 2.05 bits per heavy atom. The van der Waals surface area contributed by atoms with E-state index in [0.29, 0.717) is 5.56 Å². The van der Waals surface area contributed by atoms with Gasteiger partial charge in [0.05, 0.1) is 5.56 Å². The zero-order valence-corrected chi connectivity index (χ0v) is 10.2. The SMILES string of the molecule is O=C(C=Cc1cccc(C(F)(F)F)c1)NC1CCC1. The van der Waals surface area contributed by atoms with Crippen LogP contribution in [0.15, 0.2) is 30.3 Å². The molecule has 0 atom stereocenters. The van der Waals surface area contributed by atoms with Gasteiger partial charge in [-0.1, -0.05) is 12.1 Å². The average molecular weight is 269 g/mol. The molecule has 1 saturated carbocycles. The van der Waals surface area contributed by atoms with Crippen molar-refractivity contribution in [2.45, 2.75) is 31.5 Å². The first-order chi connectivity index (χ1) is 8.95. The third kappa shape index (κ3) is 3.84. The number of hydrogen-bond acceptors (Lipinski definition) is 1. The van der Waals surface area contributed by atoms with E-state index in [1.54, 1.807) is 0 Å². The Morgan fingerprint density at radius 3 is 2.63 bits per heavy atom. The lowest BCUT2D eigenvalue weighted by Gasteiger charge is -2.25. The van der Waals surface area contributed by atoms with Crippen LogP contribution in [0.4, 0.5) is 13.2 Å². The summed E-state index contributed by atoms with van der Waals surface area (Å²) in [6.45, 7) is 0. The molecule has 1 fully saturated rings. The number of benzene rings is 1. The highest BCUT2D eigenvalue weighted by Gasteiger charge is 2.30. The second kappa shape index (κ2) is 5.47. The predicted molar refractivity (Wildman–Crippen MR) is 66.3 cm³/mol. The van der Waals surface area contributed by atoms with E-state index in [2.05, 4.69) is 5.32 Å². The van der Waals surface area contributed by atoms with Crippen LogP contribution in [-0.2, 0) is 11.0 Å². The maximum Gasteiger partial charge on any atom is 0.416 e. The van der Waals surface area contributed by atoms with Gasteiger partial charge in [-0.15, -0.1) is 0 Å². The summed E-state index contributed by atoms with van der Waals surface area (Å²) < 4.78 is 37.5. The molecule has 5 heteroatoms. The zero-order valence-electron chi connectivity index (χ0n) is 10.2. The minimum Gasteiger partial charge on any atom is -0.350 e. The van der Waals surface area contributed by atoms with Crippen LogP contribution in [0.25, 0.3) is 6.08 Å². The van der Waals surface area contributed by atoms with Crippen molar-refractivity contribution in [2.24, 2.45) is 0 Å². The standard InChI is InChI=1S/C14H14F3NO/c15-14(16,17)11-4-1-3-10(9-11)7-8-13(19)18-12-5-2-6-12/h1,3-4,7-9,12H,2,5-6H2,(H,18,19). The van der Waals surface area contributed by atoms with Crippen LogP contribution < -0.4 is 5.32 Å². The van der Waals surface area contributed by atoms with Gasteiger partial charge in [0.15, 0.2) is 0 Å². The molecule has 2 nitrogen and oxygen atoms in total. The van der Waals surface area contributed by atoms with Crippen molar-refractivity contribution in [2.75, 3.05) is 0 Å². The molecule has 0 bridgehead atoms. The van der Waals surface area contributed by atoms with Crippen LogP contribution in [0.1, 0.15) is 30.4 Å². The lowest BCUT2D eigenvalue weighted by atomic mass is 9.93. The van der Waals surface area contributed by atoms with Gasteiger partial charge in [-0.05, 0) is 43.0 Å². The fourth-order valence-corrected chi connectivity index (χ4v) is 1.79. The van der Waals surface area contributed by atoms with Crippen molar-refractivity contribution in [1.82, 2.24) is 5.32 Å². The smallest absolute Gasteiger partial charge is 0.350 e. The van der Waals surface area contributed by atoms with Crippen LogP contribution in [0, 0.1) is 0 Å². The number of halogens is 3. The normalized spacial score (nSPS) is 16.4. The molecule has 1 aromatic carbocycles. The van der Waals surface area contributed by atoms with Gasteiger partial charge in [-0.3, -0.25) is 4.79 Å². The molecule has 0 radical (unpaired) electrons. The number of rotatable bonds is 3. The summed E-state index contributed by atoms with van der Waals surface area (Å²) in [6, 6.07) is 5.10. The first kappa shape index (κ1) is 13.6. The van der Waals surface area contributed by atoms with Gasteiger partial charge in [0.25, 0.3) is 0 Å². The van der Waals surface area contributed by atoms with E-state index >= 15 is 0 Å². The molecule has 0 saturated heterocycles. The molecule has 1 amide bonds. The molecular formula is C14H14F3NO. The third-order valence-corrected chi connectivity index (χ3v) is 3.09. The third-order valence-electron chi connectivity index (χ3n) is 3.09. The van der Waals surface area contributed by atoms with Crippen LogP contribution in [0.3, 0.4) is 0 Å². The second-order valence-electron chi connectivity index (χ2n) is 4.59. The molecule has 1 aliphatic rings. The van der Waals surface area contributed by atoms with Gasteiger partial charge < -0.3 is 5.32 Å². The van der Waals surface area contributed by atoms with Gasteiger partial charge >= 0.3 is 6.18 Å². The molecule has 1 aromatic rings. The van der Waals surface area contributed by atoms with E-state index in [9.17, 15) is 18.0 Å². The molecule has 0 heterocycles. The maximum absolute atomic E-state index is 12.5. The van der Waals surface area contributed by atoms with E-state index in [0.717, 1.165) is 31.4 Å². The summed E-state index contributed by atoms with van der Waals surface area (Å²) in [5.41, 5.74) is -0.354. The quantitative estimate of drug-likeness (QED) is 0.837. The molecule has 0 aromatic heterocycles. The predicted octanol–water partition coefficient (Wildman–Crippen LogP) is 3.39. The molecular weight excluding hydrogens is 255 g/mol. The van der Waals surface area contributed by atoms with Crippen molar-refractivity contribution < 1.29 is 18.0 Å². The number of carbonyl (C=O) groups excluding carboxylic acids is 1.